The molecule has 0 saturated heterocycles. The zero-order valence-electron chi connectivity index (χ0n) is 20.1. The highest BCUT2D eigenvalue weighted by molar-refractivity contribution is 5.54. The van der Waals surface area contributed by atoms with E-state index in [4.69, 9.17) is 9.72 Å². The average Bonchev–Trinajstić information content (AvgIpc) is 3.40. The van der Waals surface area contributed by atoms with E-state index in [1.54, 1.807) is 0 Å². The summed E-state index contributed by atoms with van der Waals surface area (Å²) in [5.74, 6) is 1.09. The molecule has 3 aliphatic carbocycles. The Morgan fingerprint density at radius 2 is 1.66 bits per heavy atom. The van der Waals surface area contributed by atoms with Crippen LogP contribution in [0.4, 0.5) is 0 Å². The summed E-state index contributed by atoms with van der Waals surface area (Å²) in [7, 11) is 0. The third-order valence-electron chi connectivity index (χ3n) is 8.41. The maximum atomic E-state index is 11.4. The van der Waals surface area contributed by atoms with E-state index >= 15 is 0 Å². The summed E-state index contributed by atoms with van der Waals surface area (Å²) in [4.78, 5) is 5.28. The van der Waals surface area contributed by atoms with E-state index in [0.717, 1.165) is 42.9 Å². The van der Waals surface area contributed by atoms with Gasteiger partial charge < -0.3 is 9.84 Å². The Kier molecular flexibility index (Phi) is 4.66. The fraction of sp³-hybridized carbons (Fsp3) is 0.621. The minimum atomic E-state index is -0.451. The topological polar surface area (TPSA) is 42.4 Å². The molecule has 3 heteroatoms. The number of ether oxygens (including phenoxy) is 1. The molecular formula is C29H37NO2. The van der Waals surface area contributed by atoms with Gasteiger partial charge in [0.2, 0.25) is 0 Å². The van der Waals surface area contributed by atoms with E-state index in [2.05, 4.69) is 52.0 Å². The summed E-state index contributed by atoms with van der Waals surface area (Å²) in [6, 6.07) is 9.21. The maximum absolute atomic E-state index is 11.4. The summed E-state index contributed by atoms with van der Waals surface area (Å²) >= 11 is 0. The Bertz CT molecular complexity index is 1040. The number of nitrogens with zero attached hydrogens (tertiary/aromatic N) is 1. The Balaban J connectivity index is 1.56. The van der Waals surface area contributed by atoms with Crippen LogP contribution >= 0.6 is 0 Å². The lowest BCUT2D eigenvalue weighted by Crippen LogP contribution is -2.32. The van der Waals surface area contributed by atoms with Crippen molar-refractivity contribution in [1.29, 1.82) is 0 Å². The highest BCUT2D eigenvalue weighted by atomic mass is 16.5. The zero-order valence-corrected chi connectivity index (χ0v) is 20.1. The van der Waals surface area contributed by atoms with E-state index in [9.17, 15) is 5.11 Å². The molecule has 2 atom stereocenters. The summed E-state index contributed by atoms with van der Waals surface area (Å²) < 4.78 is 7.09. The second-order valence-corrected chi connectivity index (χ2v) is 12.0. The first-order chi connectivity index (χ1) is 15.3. The van der Waals surface area contributed by atoms with Crippen molar-refractivity contribution in [1.82, 2.24) is 4.98 Å². The number of benzene rings is 1. The number of aliphatic hydroxyl groups excluding tert-OH is 1. The number of fused-ring (bicyclic) bond motifs is 4. The van der Waals surface area contributed by atoms with Gasteiger partial charge in [0.05, 0.1) is 11.7 Å². The van der Waals surface area contributed by atoms with Crippen LogP contribution in [-0.4, -0.2) is 10.1 Å². The first-order valence-electron chi connectivity index (χ1n) is 12.8. The van der Waals surface area contributed by atoms with Crippen molar-refractivity contribution in [3.05, 3.63) is 63.5 Å². The Morgan fingerprint density at radius 3 is 2.28 bits per heavy atom. The fourth-order valence-electron chi connectivity index (χ4n) is 6.78. The number of rotatable bonds is 3. The number of aliphatic hydroxyl groups is 1. The molecule has 0 radical (unpaired) electrons. The van der Waals surface area contributed by atoms with Crippen LogP contribution in [0, 0.1) is 5.41 Å². The summed E-state index contributed by atoms with van der Waals surface area (Å²) in [5, 5.41) is 11.4. The monoisotopic (exact) mass is 431 g/mol. The van der Waals surface area contributed by atoms with Crippen molar-refractivity contribution in [2.75, 3.05) is 0 Å². The van der Waals surface area contributed by atoms with E-state index in [1.807, 2.05) is 0 Å². The van der Waals surface area contributed by atoms with Crippen LogP contribution in [0.3, 0.4) is 0 Å². The molecule has 6 rings (SSSR count). The molecule has 2 heterocycles. The minimum Gasteiger partial charge on any atom is -0.388 e. The van der Waals surface area contributed by atoms with Crippen LogP contribution in [0.1, 0.15) is 136 Å². The SMILES string of the molecule is CC(C)c1nc2c(c3c1C(c1ccc(C4CC4)cc1)OC31CCCC1)C(O)CC(C)(C)C2. The predicted octanol–water partition coefficient (Wildman–Crippen LogP) is 6.98. The van der Waals surface area contributed by atoms with Crippen LogP contribution < -0.4 is 0 Å². The van der Waals surface area contributed by atoms with Crippen LogP contribution in [0.15, 0.2) is 24.3 Å². The molecule has 1 spiro atoms. The molecule has 2 fully saturated rings. The first kappa shape index (κ1) is 20.9. The number of hydrogen-bond donors (Lipinski definition) is 1. The minimum absolute atomic E-state index is 0.0717. The van der Waals surface area contributed by atoms with Gasteiger partial charge in [-0.15, -0.1) is 0 Å². The molecule has 0 amide bonds. The lowest BCUT2D eigenvalue weighted by molar-refractivity contribution is -0.0580. The molecule has 2 saturated carbocycles. The number of pyridine rings is 1. The Hall–Kier alpha value is -1.71. The Morgan fingerprint density at radius 1 is 1.00 bits per heavy atom. The van der Waals surface area contributed by atoms with Crippen LogP contribution in [0.5, 0.6) is 0 Å². The third-order valence-corrected chi connectivity index (χ3v) is 8.41. The van der Waals surface area contributed by atoms with E-state index in [-0.39, 0.29) is 17.1 Å². The van der Waals surface area contributed by atoms with Gasteiger partial charge in [0.1, 0.15) is 6.10 Å². The zero-order chi connectivity index (χ0) is 22.3. The van der Waals surface area contributed by atoms with Crippen molar-refractivity contribution in [2.24, 2.45) is 5.41 Å². The van der Waals surface area contributed by atoms with Gasteiger partial charge in [0.25, 0.3) is 0 Å². The van der Waals surface area contributed by atoms with Crippen molar-refractivity contribution in [3.8, 4) is 0 Å². The van der Waals surface area contributed by atoms with E-state index in [0.29, 0.717) is 5.92 Å². The standard InChI is InChI=1S/C29H37NO2/c1-17(2)26-24-25(23-21(30-26)15-28(3,4)16-22(23)31)29(13-5-6-14-29)32-27(24)20-11-9-19(10-12-20)18-7-8-18/h9-12,17-18,22,27,31H,5-8,13-16H2,1-4H3. The summed E-state index contributed by atoms with van der Waals surface area (Å²) in [6.45, 7) is 9.03. The lowest BCUT2D eigenvalue weighted by Gasteiger charge is -2.38. The van der Waals surface area contributed by atoms with Crippen LogP contribution in [0.25, 0.3) is 0 Å². The number of aromatic nitrogens is 1. The summed E-state index contributed by atoms with van der Waals surface area (Å²) in [5.41, 5.74) is 8.54. The lowest BCUT2D eigenvalue weighted by atomic mass is 9.70. The van der Waals surface area contributed by atoms with E-state index in [1.165, 1.54) is 53.6 Å². The molecule has 170 valence electrons. The van der Waals surface area contributed by atoms with Gasteiger partial charge in [-0.2, -0.15) is 0 Å². The largest absolute Gasteiger partial charge is 0.388 e. The molecular weight excluding hydrogens is 394 g/mol. The molecule has 1 N–H and O–H groups in total. The second-order valence-electron chi connectivity index (χ2n) is 12.0. The molecule has 3 nitrogen and oxygen atoms in total. The molecule has 1 aromatic carbocycles. The van der Waals surface area contributed by atoms with Gasteiger partial charge in [-0.05, 0) is 72.5 Å². The Labute approximate surface area is 192 Å². The summed E-state index contributed by atoms with van der Waals surface area (Å²) in [6.07, 6.45) is 8.36. The molecule has 0 bridgehead atoms. The normalized spacial score (nSPS) is 27.7. The van der Waals surface area contributed by atoms with Crippen LogP contribution in [0.2, 0.25) is 0 Å². The molecule has 2 aromatic rings. The molecule has 2 unspecified atom stereocenters. The highest BCUT2D eigenvalue weighted by Crippen LogP contribution is 2.59. The quantitative estimate of drug-likeness (QED) is 0.570. The van der Waals surface area contributed by atoms with Crippen molar-refractivity contribution < 1.29 is 9.84 Å². The van der Waals surface area contributed by atoms with Crippen molar-refractivity contribution in [2.45, 2.75) is 109 Å². The maximum Gasteiger partial charge on any atom is 0.111 e. The molecule has 32 heavy (non-hydrogen) atoms. The third kappa shape index (κ3) is 3.19. The van der Waals surface area contributed by atoms with Crippen molar-refractivity contribution in [3.63, 3.8) is 0 Å². The van der Waals surface area contributed by atoms with E-state index < -0.39 is 6.10 Å². The second kappa shape index (κ2) is 7.14. The van der Waals surface area contributed by atoms with Crippen molar-refractivity contribution >= 4 is 0 Å². The molecule has 4 aliphatic rings. The van der Waals surface area contributed by atoms with Gasteiger partial charge in [-0.3, -0.25) is 4.98 Å². The highest BCUT2D eigenvalue weighted by Gasteiger charge is 2.52. The van der Waals surface area contributed by atoms with Gasteiger partial charge in [0.15, 0.2) is 0 Å². The van der Waals surface area contributed by atoms with Crippen LogP contribution in [-0.2, 0) is 16.8 Å². The molecule has 1 aliphatic heterocycles. The van der Waals surface area contributed by atoms with Gasteiger partial charge in [-0.25, -0.2) is 0 Å². The van der Waals surface area contributed by atoms with Gasteiger partial charge in [-0.1, -0.05) is 64.8 Å². The number of hydrogen-bond acceptors (Lipinski definition) is 3. The molecule has 1 aromatic heterocycles. The predicted molar refractivity (Wildman–Crippen MR) is 127 cm³/mol. The van der Waals surface area contributed by atoms with Gasteiger partial charge >= 0.3 is 0 Å². The first-order valence-corrected chi connectivity index (χ1v) is 12.8. The smallest absolute Gasteiger partial charge is 0.111 e. The fourth-order valence-corrected chi connectivity index (χ4v) is 6.78. The van der Waals surface area contributed by atoms with Gasteiger partial charge in [0, 0.05) is 22.5 Å². The average molecular weight is 432 g/mol.